The predicted octanol–water partition coefficient (Wildman–Crippen LogP) is 1.82. The smallest absolute Gasteiger partial charge is 0.251 e. The van der Waals surface area contributed by atoms with E-state index in [4.69, 9.17) is 5.73 Å². The lowest BCUT2D eigenvalue weighted by Crippen LogP contribution is -2.29. The van der Waals surface area contributed by atoms with Gasteiger partial charge in [-0.2, -0.15) is 0 Å². The van der Waals surface area contributed by atoms with Crippen LogP contribution in [0.25, 0.3) is 0 Å². The molecule has 1 aliphatic carbocycles. The van der Waals surface area contributed by atoms with Gasteiger partial charge in [0.2, 0.25) is 0 Å². The lowest BCUT2D eigenvalue weighted by Gasteiger charge is -2.11. The van der Waals surface area contributed by atoms with E-state index in [0.29, 0.717) is 12.5 Å². The van der Waals surface area contributed by atoms with E-state index >= 15 is 0 Å². The summed E-state index contributed by atoms with van der Waals surface area (Å²) >= 11 is 0. The summed E-state index contributed by atoms with van der Waals surface area (Å²) in [5, 5.41) is 2.72. The molecule has 5 heteroatoms. The minimum absolute atomic E-state index is 0.135. The van der Waals surface area contributed by atoms with E-state index in [1.165, 1.54) is 6.07 Å². The summed E-state index contributed by atoms with van der Waals surface area (Å²) in [7, 11) is 0. The fourth-order valence-electron chi connectivity index (χ4n) is 2.28. The van der Waals surface area contributed by atoms with Gasteiger partial charge in [0, 0.05) is 18.2 Å². The number of hydrogen-bond acceptors (Lipinski definition) is 2. The second kappa shape index (κ2) is 5.44. The van der Waals surface area contributed by atoms with Gasteiger partial charge in [-0.05, 0) is 43.4 Å². The maximum atomic E-state index is 13.0. The molecule has 1 aromatic rings. The van der Waals surface area contributed by atoms with E-state index in [1.807, 2.05) is 0 Å². The van der Waals surface area contributed by atoms with Gasteiger partial charge in [-0.1, -0.05) is 0 Å². The van der Waals surface area contributed by atoms with Crippen molar-refractivity contribution in [2.24, 2.45) is 11.7 Å². The number of hydrogen-bond donors (Lipinski definition) is 2. The van der Waals surface area contributed by atoms with Gasteiger partial charge in [-0.3, -0.25) is 4.79 Å². The molecule has 1 aliphatic rings. The molecular formula is C13H16F2N2O. The van der Waals surface area contributed by atoms with Crippen LogP contribution in [-0.2, 0) is 0 Å². The number of halogens is 2. The number of nitrogens with two attached hydrogens (primary N) is 1. The summed E-state index contributed by atoms with van der Waals surface area (Å²) < 4.78 is 25.7. The highest BCUT2D eigenvalue weighted by molar-refractivity contribution is 5.94. The molecule has 2 atom stereocenters. The predicted molar refractivity (Wildman–Crippen MR) is 64.0 cm³/mol. The Labute approximate surface area is 104 Å². The van der Waals surface area contributed by atoms with Crippen LogP contribution in [0, 0.1) is 17.6 Å². The first-order valence-electron chi connectivity index (χ1n) is 6.05. The summed E-state index contributed by atoms with van der Waals surface area (Å²) in [6.07, 6.45) is 2.88. The molecule has 3 N–H and O–H groups in total. The van der Waals surface area contributed by atoms with Crippen LogP contribution >= 0.6 is 0 Å². The average Bonchev–Trinajstić information content (AvgIpc) is 2.75. The number of rotatable bonds is 3. The standard InChI is InChI=1S/C13H16F2N2O/c14-11-4-2-9(6-12(11)15)13(18)17-7-8-1-3-10(16)5-8/h2,4,6,8,10H,1,3,5,7,16H2,(H,17,18). The van der Waals surface area contributed by atoms with Crippen LogP contribution in [-0.4, -0.2) is 18.5 Å². The van der Waals surface area contributed by atoms with Crippen LogP contribution in [0.15, 0.2) is 18.2 Å². The van der Waals surface area contributed by atoms with E-state index in [9.17, 15) is 13.6 Å². The van der Waals surface area contributed by atoms with Crippen LogP contribution < -0.4 is 11.1 Å². The molecule has 1 aromatic carbocycles. The van der Waals surface area contributed by atoms with E-state index in [-0.39, 0.29) is 17.5 Å². The maximum Gasteiger partial charge on any atom is 0.251 e. The van der Waals surface area contributed by atoms with Crippen molar-refractivity contribution in [1.82, 2.24) is 5.32 Å². The van der Waals surface area contributed by atoms with Crippen LogP contribution in [0.3, 0.4) is 0 Å². The van der Waals surface area contributed by atoms with Crippen molar-refractivity contribution < 1.29 is 13.6 Å². The summed E-state index contributed by atoms with van der Waals surface area (Å²) in [5.41, 5.74) is 5.91. The van der Waals surface area contributed by atoms with Crippen molar-refractivity contribution in [1.29, 1.82) is 0 Å². The Morgan fingerprint density at radius 3 is 2.72 bits per heavy atom. The molecule has 0 aromatic heterocycles. The Morgan fingerprint density at radius 1 is 1.33 bits per heavy atom. The third-order valence-electron chi connectivity index (χ3n) is 3.31. The molecule has 3 nitrogen and oxygen atoms in total. The van der Waals surface area contributed by atoms with Crippen molar-refractivity contribution >= 4 is 5.91 Å². The highest BCUT2D eigenvalue weighted by Gasteiger charge is 2.22. The molecule has 0 radical (unpaired) electrons. The molecular weight excluding hydrogens is 238 g/mol. The maximum absolute atomic E-state index is 13.0. The molecule has 0 bridgehead atoms. The highest BCUT2D eigenvalue weighted by Crippen LogP contribution is 2.23. The Bertz CT molecular complexity index is 451. The Morgan fingerprint density at radius 2 is 2.11 bits per heavy atom. The van der Waals surface area contributed by atoms with Gasteiger partial charge in [0.25, 0.3) is 5.91 Å². The Kier molecular flexibility index (Phi) is 3.91. The first-order chi connectivity index (χ1) is 8.56. The minimum Gasteiger partial charge on any atom is -0.352 e. The molecule has 0 aliphatic heterocycles. The third kappa shape index (κ3) is 3.04. The Balaban J connectivity index is 1.89. The molecule has 0 spiro atoms. The lowest BCUT2D eigenvalue weighted by atomic mass is 10.1. The van der Waals surface area contributed by atoms with Crippen LogP contribution in [0.4, 0.5) is 8.78 Å². The fourth-order valence-corrected chi connectivity index (χ4v) is 2.28. The van der Waals surface area contributed by atoms with E-state index in [0.717, 1.165) is 31.4 Å². The van der Waals surface area contributed by atoms with Crippen molar-refractivity contribution in [2.75, 3.05) is 6.54 Å². The molecule has 1 amide bonds. The van der Waals surface area contributed by atoms with Gasteiger partial charge in [-0.15, -0.1) is 0 Å². The number of amides is 1. The number of benzene rings is 1. The second-order valence-electron chi connectivity index (χ2n) is 4.78. The summed E-state index contributed by atoms with van der Waals surface area (Å²) in [5.74, 6) is -1.96. The SMILES string of the molecule is NC1CCC(CNC(=O)c2ccc(F)c(F)c2)C1. The number of nitrogens with one attached hydrogen (secondary N) is 1. The molecule has 0 heterocycles. The topological polar surface area (TPSA) is 55.1 Å². The Hall–Kier alpha value is -1.49. The molecule has 1 fully saturated rings. The molecule has 1 saturated carbocycles. The zero-order valence-corrected chi connectivity index (χ0v) is 9.96. The van der Waals surface area contributed by atoms with Crippen molar-refractivity contribution in [3.05, 3.63) is 35.4 Å². The van der Waals surface area contributed by atoms with Gasteiger partial charge in [-0.25, -0.2) is 8.78 Å². The second-order valence-corrected chi connectivity index (χ2v) is 4.78. The van der Waals surface area contributed by atoms with E-state index in [2.05, 4.69) is 5.32 Å². The average molecular weight is 254 g/mol. The fraction of sp³-hybridized carbons (Fsp3) is 0.462. The first-order valence-corrected chi connectivity index (χ1v) is 6.05. The molecule has 18 heavy (non-hydrogen) atoms. The highest BCUT2D eigenvalue weighted by atomic mass is 19.2. The first kappa shape index (κ1) is 13.0. The zero-order chi connectivity index (χ0) is 13.1. The number of carbonyl (C=O) groups excluding carboxylic acids is 1. The van der Waals surface area contributed by atoms with Crippen LogP contribution in [0.1, 0.15) is 29.6 Å². The van der Waals surface area contributed by atoms with E-state index < -0.39 is 11.6 Å². The van der Waals surface area contributed by atoms with E-state index in [1.54, 1.807) is 0 Å². The van der Waals surface area contributed by atoms with Gasteiger partial charge in [0.05, 0.1) is 0 Å². The van der Waals surface area contributed by atoms with Crippen molar-refractivity contribution in [3.63, 3.8) is 0 Å². The molecule has 2 rings (SSSR count). The molecule has 0 saturated heterocycles. The number of carbonyl (C=O) groups is 1. The van der Waals surface area contributed by atoms with Gasteiger partial charge >= 0.3 is 0 Å². The molecule has 98 valence electrons. The molecule has 2 unspecified atom stereocenters. The monoisotopic (exact) mass is 254 g/mol. The van der Waals surface area contributed by atoms with Gasteiger partial charge in [0.1, 0.15) is 0 Å². The van der Waals surface area contributed by atoms with Crippen LogP contribution in [0.5, 0.6) is 0 Å². The largest absolute Gasteiger partial charge is 0.352 e. The lowest BCUT2D eigenvalue weighted by molar-refractivity contribution is 0.0946. The van der Waals surface area contributed by atoms with Gasteiger partial charge in [0.15, 0.2) is 11.6 Å². The van der Waals surface area contributed by atoms with Crippen molar-refractivity contribution in [2.45, 2.75) is 25.3 Å². The van der Waals surface area contributed by atoms with Gasteiger partial charge < -0.3 is 11.1 Å². The van der Waals surface area contributed by atoms with Crippen molar-refractivity contribution in [3.8, 4) is 0 Å². The summed E-state index contributed by atoms with van der Waals surface area (Å²) in [4.78, 5) is 11.7. The third-order valence-corrected chi connectivity index (χ3v) is 3.31. The summed E-state index contributed by atoms with van der Waals surface area (Å²) in [6.45, 7) is 0.533. The zero-order valence-electron chi connectivity index (χ0n) is 9.96. The normalized spacial score (nSPS) is 23.1. The minimum atomic E-state index is -1.01. The quantitative estimate of drug-likeness (QED) is 0.864. The van der Waals surface area contributed by atoms with Crippen LogP contribution in [0.2, 0.25) is 0 Å². The summed E-state index contributed by atoms with van der Waals surface area (Å²) in [6, 6.07) is 3.35.